The maximum absolute atomic E-state index is 12.0. The van der Waals surface area contributed by atoms with Gasteiger partial charge in [-0.05, 0) is 38.5 Å². The van der Waals surface area contributed by atoms with E-state index >= 15 is 0 Å². The molecule has 0 aromatic heterocycles. The molecule has 0 unspecified atom stereocenters. The summed E-state index contributed by atoms with van der Waals surface area (Å²) in [6.07, 6.45) is 7.63. The van der Waals surface area contributed by atoms with E-state index in [-0.39, 0.29) is 29.3 Å². The van der Waals surface area contributed by atoms with E-state index in [4.69, 9.17) is 5.73 Å². The second-order valence-electron chi connectivity index (χ2n) is 5.39. The molecule has 94 valence electrons. The molecule has 4 heteroatoms. The van der Waals surface area contributed by atoms with Crippen LogP contribution in [0.5, 0.6) is 0 Å². The molecular weight excluding hydrogens is 224 g/mol. The molecule has 0 heterocycles. The van der Waals surface area contributed by atoms with Crippen LogP contribution in [0.2, 0.25) is 0 Å². The Balaban J connectivity index is 0.00000128. The lowest BCUT2D eigenvalue weighted by Crippen LogP contribution is -2.57. The monoisotopic (exact) mass is 246 g/mol. The molecule has 0 atom stereocenters. The topological polar surface area (TPSA) is 55.1 Å². The molecule has 0 bridgehead atoms. The van der Waals surface area contributed by atoms with Gasteiger partial charge in [0.05, 0.1) is 0 Å². The highest BCUT2D eigenvalue weighted by Crippen LogP contribution is 2.44. The largest absolute Gasteiger partial charge is 0.354 e. The van der Waals surface area contributed by atoms with Crippen LogP contribution >= 0.6 is 12.4 Å². The van der Waals surface area contributed by atoms with Gasteiger partial charge in [0.15, 0.2) is 0 Å². The molecule has 2 fully saturated rings. The Labute approximate surface area is 104 Å². The predicted octanol–water partition coefficient (Wildman–Crippen LogP) is 1.99. The fourth-order valence-corrected chi connectivity index (χ4v) is 2.60. The number of nitrogens with two attached hydrogens (primary N) is 1. The van der Waals surface area contributed by atoms with Crippen LogP contribution in [-0.4, -0.2) is 18.0 Å². The van der Waals surface area contributed by atoms with Crippen LogP contribution in [0.25, 0.3) is 0 Å². The third-order valence-corrected chi connectivity index (χ3v) is 4.42. The van der Waals surface area contributed by atoms with Crippen molar-refractivity contribution < 1.29 is 4.79 Å². The van der Waals surface area contributed by atoms with Crippen molar-refractivity contribution in [3.8, 4) is 0 Å². The number of carbonyl (C=O) groups excluding carboxylic acids is 1. The SMILES string of the molecule is CCC1(C(=O)NCC2(N)CCC2)CCC1.Cl. The van der Waals surface area contributed by atoms with Crippen molar-refractivity contribution >= 4 is 18.3 Å². The fourth-order valence-electron chi connectivity index (χ4n) is 2.60. The number of rotatable bonds is 4. The van der Waals surface area contributed by atoms with Gasteiger partial charge in [0.2, 0.25) is 5.91 Å². The Hall–Kier alpha value is -0.280. The quantitative estimate of drug-likeness (QED) is 0.797. The van der Waals surface area contributed by atoms with Gasteiger partial charge in [-0.3, -0.25) is 4.79 Å². The van der Waals surface area contributed by atoms with Crippen molar-refractivity contribution in [2.75, 3.05) is 6.54 Å². The maximum Gasteiger partial charge on any atom is 0.226 e. The normalized spacial score (nSPS) is 24.6. The second kappa shape index (κ2) is 4.92. The average Bonchev–Trinajstić information content (AvgIpc) is 2.11. The summed E-state index contributed by atoms with van der Waals surface area (Å²) < 4.78 is 0. The van der Waals surface area contributed by atoms with Crippen molar-refractivity contribution in [3.63, 3.8) is 0 Å². The van der Waals surface area contributed by atoms with Crippen LogP contribution in [0.15, 0.2) is 0 Å². The third kappa shape index (κ3) is 2.35. The number of hydrogen-bond donors (Lipinski definition) is 2. The minimum absolute atomic E-state index is 0. The average molecular weight is 247 g/mol. The van der Waals surface area contributed by atoms with Crippen LogP contribution in [0.3, 0.4) is 0 Å². The molecule has 16 heavy (non-hydrogen) atoms. The van der Waals surface area contributed by atoms with Crippen LogP contribution in [-0.2, 0) is 4.79 Å². The zero-order valence-electron chi connectivity index (χ0n) is 10.1. The number of hydrogen-bond acceptors (Lipinski definition) is 2. The van der Waals surface area contributed by atoms with Gasteiger partial charge >= 0.3 is 0 Å². The summed E-state index contributed by atoms with van der Waals surface area (Å²) in [6, 6.07) is 0. The molecule has 0 saturated heterocycles. The van der Waals surface area contributed by atoms with Crippen LogP contribution in [0.1, 0.15) is 51.9 Å². The molecule has 1 amide bonds. The highest BCUT2D eigenvalue weighted by Gasteiger charge is 2.43. The van der Waals surface area contributed by atoms with Gasteiger partial charge in [-0.25, -0.2) is 0 Å². The van der Waals surface area contributed by atoms with Gasteiger partial charge in [0.25, 0.3) is 0 Å². The Bertz CT molecular complexity index is 254. The number of amides is 1. The molecule has 0 spiro atoms. The zero-order chi connectivity index (χ0) is 10.9. The first-order valence-corrected chi connectivity index (χ1v) is 6.17. The molecule has 3 N–H and O–H groups in total. The summed E-state index contributed by atoms with van der Waals surface area (Å²) >= 11 is 0. The van der Waals surface area contributed by atoms with E-state index in [9.17, 15) is 4.79 Å². The van der Waals surface area contributed by atoms with E-state index in [0.717, 1.165) is 32.1 Å². The van der Waals surface area contributed by atoms with Crippen molar-refractivity contribution in [3.05, 3.63) is 0 Å². The summed E-state index contributed by atoms with van der Waals surface area (Å²) in [7, 11) is 0. The lowest BCUT2D eigenvalue weighted by atomic mass is 9.66. The minimum Gasteiger partial charge on any atom is -0.354 e. The van der Waals surface area contributed by atoms with Crippen molar-refractivity contribution in [1.29, 1.82) is 0 Å². The van der Waals surface area contributed by atoms with E-state index in [0.29, 0.717) is 6.54 Å². The molecule has 0 radical (unpaired) electrons. The van der Waals surface area contributed by atoms with Gasteiger partial charge in [-0.2, -0.15) is 0 Å². The lowest BCUT2D eigenvalue weighted by Gasteiger charge is -2.42. The fraction of sp³-hybridized carbons (Fsp3) is 0.917. The van der Waals surface area contributed by atoms with Gasteiger partial charge in [0, 0.05) is 17.5 Å². The second-order valence-corrected chi connectivity index (χ2v) is 5.39. The number of nitrogens with one attached hydrogen (secondary N) is 1. The van der Waals surface area contributed by atoms with E-state index in [1.807, 2.05) is 0 Å². The summed E-state index contributed by atoms with van der Waals surface area (Å²) in [6.45, 7) is 2.79. The van der Waals surface area contributed by atoms with Gasteiger partial charge in [0.1, 0.15) is 0 Å². The summed E-state index contributed by atoms with van der Waals surface area (Å²) in [5.74, 6) is 0.243. The van der Waals surface area contributed by atoms with Crippen molar-refractivity contribution in [2.45, 2.75) is 57.4 Å². The van der Waals surface area contributed by atoms with E-state index < -0.39 is 0 Å². The predicted molar refractivity (Wildman–Crippen MR) is 67.6 cm³/mol. The maximum atomic E-state index is 12.0. The highest BCUT2D eigenvalue weighted by atomic mass is 35.5. The van der Waals surface area contributed by atoms with Crippen molar-refractivity contribution in [1.82, 2.24) is 5.32 Å². The molecule has 2 aliphatic carbocycles. The molecule has 2 aliphatic rings. The van der Waals surface area contributed by atoms with Gasteiger partial charge in [-0.1, -0.05) is 13.3 Å². The standard InChI is InChI=1S/C12H22N2O.ClH/c1-2-11(5-3-6-11)10(15)14-9-12(13)7-4-8-12;/h2-9,13H2,1H3,(H,14,15);1H. The molecule has 3 nitrogen and oxygen atoms in total. The first kappa shape index (κ1) is 13.8. The van der Waals surface area contributed by atoms with E-state index in [2.05, 4.69) is 12.2 Å². The Morgan fingerprint density at radius 2 is 1.81 bits per heavy atom. The smallest absolute Gasteiger partial charge is 0.226 e. The molecule has 0 aromatic rings. The van der Waals surface area contributed by atoms with Crippen LogP contribution in [0, 0.1) is 5.41 Å². The zero-order valence-corrected chi connectivity index (χ0v) is 10.9. The Morgan fingerprint density at radius 1 is 1.25 bits per heavy atom. The summed E-state index contributed by atoms with van der Waals surface area (Å²) in [4.78, 5) is 12.0. The Kier molecular flexibility index (Phi) is 4.24. The van der Waals surface area contributed by atoms with Gasteiger partial charge in [-0.15, -0.1) is 12.4 Å². The molecule has 0 aromatic carbocycles. The van der Waals surface area contributed by atoms with Gasteiger partial charge < -0.3 is 11.1 Å². The minimum atomic E-state index is -0.0889. The molecule has 0 aliphatic heterocycles. The van der Waals surface area contributed by atoms with Crippen LogP contribution in [0.4, 0.5) is 0 Å². The first-order valence-electron chi connectivity index (χ1n) is 6.17. The third-order valence-electron chi connectivity index (χ3n) is 4.42. The number of halogens is 1. The summed E-state index contributed by atoms with van der Waals surface area (Å²) in [5, 5.41) is 3.05. The van der Waals surface area contributed by atoms with Crippen molar-refractivity contribution in [2.24, 2.45) is 11.1 Å². The van der Waals surface area contributed by atoms with E-state index in [1.165, 1.54) is 12.8 Å². The summed E-state index contributed by atoms with van der Waals surface area (Å²) in [5.41, 5.74) is 5.95. The van der Waals surface area contributed by atoms with E-state index in [1.54, 1.807) is 0 Å². The first-order chi connectivity index (χ1) is 7.10. The molecule has 2 rings (SSSR count). The molecule has 2 saturated carbocycles. The highest BCUT2D eigenvalue weighted by molar-refractivity contribution is 5.85. The lowest BCUT2D eigenvalue weighted by molar-refractivity contribution is -0.136. The molecular formula is C12H23ClN2O. The number of carbonyl (C=O) groups is 1. The Morgan fingerprint density at radius 3 is 2.12 bits per heavy atom. The van der Waals surface area contributed by atoms with Crippen LogP contribution < -0.4 is 11.1 Å².